The van der Waals surface area contributed by atoms with E-state index in [-0.39, 0.29) is 11.1 Å². The summed E-state index contributed by atoms with van der Waals surface area (Å²) in [6.45, 7) is 0. The van der Waals surface area contributed by atoms with E-state index in [1.165, 1.54) is 48.7 Å². The van der Waals surface area contributed by atoms with Crippen molar-refractivity contribution in [1.82, 2.24) is 10.1 Å². The van der Waals surface area contributed by atoms with Gasteiger partial charge in [0.05, 0.1) is 17.1 Å². The Morgan fingerprint density at radius 3 is 2.38 bits per heavy atom. The fourth-order valence-corrected chi connectivity index (χ4v) is 4.13. The number of hydrogen-bond donors (Lipinski definition) is 3. The van der Waals surface area contributed by atoms with Crippen LogP contribution in [0, 0.1) is 5.82 Å². The van der Waals surface area contributed by atoms with E-state index in [0.717, 1.165) is 0 Å². The molecule has 164 valence electrons. The largest absolute Gasteiger partial charge is 0.425 e. The molecule has 0 spiro atoms. The molecule has 3 aromatic carbocycles. The molecule has 1 atom stereocenters. The zero-order valence-corrected chi connectivity index (χ0v) is 16.8. The number of nitrogens with one attached hydrogen (secondary N) is 2. The van der Waals surface area contributed by atoms with Crippen LogP contribution >= 0.6 is 0 Å². The minimum Gasteiger partial charge on any atom is -0.372 e. The Labute approximate surface area is 180 Å². The van der Waals surface area contributed by atoms with Gasteiger partial charge < -0.3 is 15.1 Å². The highest BCUT2D eigenvalue weighted by atomic mass is 19.4. The maximum Gasteiger partial charge on any atom is 0.425 e. The average Bonchev–Trinajstić information content (AvgIpc) is 3.34. The average molecular weight is 442 g/mol. The smallest absolute Gasteiger partial charge is 0.372 e. The number of rotatable bonds is 3. The van der Waals surface area contributed by atoms with Gasteiger partial charge in [0.2, 0.25) is 5.60 Å². The number of halogens is 4. The monoisotopic (exact) mass is 442 g/mol. The summed E-state index contributed by atoms with van der Waals surface area (Å²) in [5, 5.41) is 13.1. The zero-order valence-electron chi connectivity index (χ0n) is 16.8. The van der Waals surface area contributed by atoms with Crippen LogP contribution in [0.5, 0.6) is 0 Å². The number of para-hydroxylation sites is 1. The van der Waals surface area contributed by atoms with Gasteiger partial charge in [0.15, 0.2) is 0 Å². The van der Waals surface area contributed by atoms with E-state index < -0.39 is 17.6 Å². The molecule has 1 aliphatic heterocycles. The third kappa shape index (κ3) is 2.93. The van der Waals surface area contributed by atoms with Gasteiger partial charge in [0.25, 0.3) is 0 Å². The molecular formula is C23H18F4N4O. The van der Waals surface area contributed by atoms with Crippen LogP contribution in [0.15, 0.2) is 72.9 Å². The fraction of sp³-hybridized carbons (Fsp3) is 0.130. The second kappa shape index (κ2) is 6.98. The molecule has 4 aromatic rings. The van der Waals surface area contributed by atoms with Crippen molar-refractivity contribution in [2.45, 2.75) is 11.8 Å². The highest BCUT2D eigenvalue weighted by molar-refractivity contribution is 5.86. The lowest BCUT2D eigenvalue weighted by Gasteiger charge is -2.31. The molecule has 1 unspecified atom stereocenters. The van der Waals surface area contributed by atoms with Gasteiger partial charge in [0.1, 0.15) is 5.82 Å². The standard InChI is InChI=1S/C23H18F4N4O/c1-30-13-18(17-4-2-3-5-20(17)30)22(32,23(25,26)27)14-6-11-21-19(12-14)28-29-31(21)16-9-7-15(24)8-10-16/h2-13,28-29,32H,1H3. The molecule has 32 heavy (non-hydrogen) atoms. The van der Waals surface area contributed by atoms with Crippen molar-refractivity contribution in [2.24, 2.45) is 7.05 Å². The Hall–Kier alpha value is -3.56. The highest BCUT2D eigenvalue weighted by Gasteiger charge is 2.57. The van der Waals surface area contributed by atoms with Gasteiger partial charge in [-0.15, -0.1) is 5.53 Å². The molecule has 0 amide bonds. The van der Waals surface area contributed by atoms with Gasteiger partial charge in [0, 0.05) is 29.7 Å². The van der Waals surface area contributed by atoms with E-state index >= 15 is 0 Å². The zero-order chi connectivity index (χ0) is 22.7. The molecular weight excluding hydrogens is 424 g/mol. The van der Waals surface area contributed by atoms with Gasteiger partial charge in [-0.05, 0) is 48.0 Å². The third-order valence-corrected chi connectivity index (χ3v) is 5.74. The molecule has 0 saturated heterocycles. The molecule has 0 fully saturated rings. The topological polar surface area (TPSA) is 52.5 Å². The van der Waals surface area contributed by atoms with Crippen LogP contribution in [-0.4, -0.2) is 15.8 Å². The van der Waals surface area contributed by atoms with Crippen molar-refractivity contribution in [3.63, 3.8) is 0 Å². The van der Waals surface area contributed by atoms with Crippen LogP contribution in [0.25, 0.3) is 10.9 Å². The first kappa shape index (κ1) is 20.3. The molecule has 5 rings (SSSR count). The summed E-state index contributed by atoms with van der Waals surface area (Å²) in [6.07, 6.45) is -3.67. The van der Waals surface area contributed by atoms with Crippen LogP contribution in [0.3, 0.4) is 0 Å². The van der Waals surface area contributed by atoms with Crippen molar-refractivity contribution < 1.29 is 22.7 Å². The summed E-state index contributed by atoms with van der Waals surface area (Å²) >= 11 is 0. The summed E-state index contributed by atoms with van der Waals surface area (Å²) in [5.41, 5.74) is 3.90. The first-order chi connectivity index (χ1) is 15.2. The second-order valence-corrected chi connectivity index (χ2v) is 7.66. The number of fused-ring (bicyclic) bond motifs is 2. The quantitative estimate of drug-likeness (QED) is 0.387. The number of alkyl halides is 3. The van der Waals surface area contributed by atoms with Gasteiger partial charge in [-0.2, -0.15) is 13.2 Å². The molecule has 9 heteroatoms. The molecule has 2 heterocycles. The lowest BCUT2D eigenvalue weighted by molar-refractivity contribution is -0.247. The summed E-state index contributed by atoms with van der Waals surface area (Å²) < 4.78 is 58.0. The van der Waals surface area contributed by atoms with E-state index in [9.17, 15) is 22.7 Å². The number of nitrogens with zero attached hydrogens (tertiary/aromatic N) is 2. The van der Waals surface area contributed by atoms with Crippen LogP contribution in [0.1, 0.15) is 11.1 Å². The van der Waals surface area contributed by atoms with Gasteiger partial charge in [-0.25, -0.2) is 4.39 Å². The van der Waals surface area contributed by atoms with Crippen LogP contribution in [0.2, 0.25) is 0 Å². The maximum atomic E-state index is 14.4. The molecule has 1 aliphatic rings. The van der Waals surface area contributed by atoms with Gasteiger partial charge >= 0.3 is 6.18 Å². The van der Waals surface area contributed by atoms with E-state index in [1.54, 1.807) is 40.9 Å². The van der Waals surface area contributed by atoms with Crippen LogP contribution < -0.4 is 16.0 Å². The van der Waals surface area contributed by atoms with Crippen molar-refractivity contribution in [3.05, 3.63) is 89.9 Å². The summed E-state index contributed by atoms with van der Waals surface area (Å²) in [5.74, 6) is -0.401. The molecule has 0 bridgehead atoms. The van der Waals surface area contributed by atoms with Crippen molar-refractivity contribution in [2.75, 3.05) is 10.4 Å². The first-order valence-corrected chi connectivity index (χ1v) is 9.75. The van der Waals surface area contributed by atoms with Crippen LogP contribution in [-0.2, 0) is 12.6 Å². The third-order valence-electron chi connectivity index (χ3n) is 5.74. The maximum absolute atomic E-state index is 14.4. The second-order valence-electron chi connectivity index (χ2n) is 7.66. The molecule has 0 radical (unpaired) electrons. The number of aromatic nitrogens is 1. The number of aryl methyl sites for hydroxylation is 1. The number of hydrazine groups is 2. The van der Waals surface area contributed by atoms with Crippen molar-refractivity contribution >= 4 is 28.0 Å². The van der Waals surface area contributed by atoms with E-state index in [1.807, 2.05) is 0 Å². The highest BCUT2D eigenvalue weighted by Crippen LogP contribution is 2.48. The van der Waals surface area contributed by atoms with Gasteiger partial charge in [-0.1, -0.05) is 24.3 Å². The Morgan fingerprint density at radius 2 is 1.66 bits per heavy atom. The van der Waals surface area contributed by atoms with Crippen molar-refractivity contribution in [3.8, 4) is 0 Å². The fourth-order valence-electron chi connectivity index (χ4n) is 4.13. The number of aliphatic hydroxyl groups is 1. The SMILES string of the molecule is Cn1cc(C(O)(c2ccc3c(c2)NNN3c2ccc(F)cc2)C(F)(F)F)c2ccccc21. The Kier molecular flexibility index (Phi) is 4.44. The number of hydrogen-bond acceptors (Lipinski definition) is 4. The summed E-state index contributed by atoms with van der Waals surface area (Å²) in [6, 6.07) is 16.3. The Morgan fingerprint density at radius 1 is 0.938 bits per heavy atom. The predicted octanol–water partition coefficient (Wildman–Crippen LogP) is 5.10. The normalized spacial score (nSPS) is 15.5. The lowest BCUT2D eigenvalue weighted by atomic mass is 9.85. The van der Waals surface area contributed by atoms with Gasteiger partial charge in [-0.3, -0.25) is 5.01 Å². The van der Waals surface area contributed by atoms with Crippen LogP contribution in [0.4, 0.5) is 34.6 Å². The molecule has 5 nitrogen and oxygen atoms in total. The van der Waals surface area contributed by atoms with Crippen molar-refractivity contribution in [1.29, 1.82) is 0 Å². The van der Waals surface area contributed by atoms with E-state index in [2.05, 4.69) is 11.0 Å². The molecule has 3 N–H and O–H groups in total. The van der Waals surface area contributed by atoms with E-state index in [4.69, 9.17) is 0 Å². The molecule has 0 aliphatic carbocycles. The minimum atomic E-state index is -4.98. The Balaban J connectivity index is 1.64. The van der Waals surface area contributed by atoms with E-state index in [0.29, 0.717) is 28.0 Å². The Bertz CT molecular complexity index is 1320. The summed E-state index contributed by atoms with van der Waals surface area (Å²) in [4.78, 5) is 0. The summed E-state index contributed by atoms with van der Waals surface area (Å²) in [7, 11) is 1.64. The molecule has 1 aromatic heterocycles. The number of anilines is 3. The minimum absolute atomic E-state index is 0.246. The predicted molar refractivity (Wildman–Crippen MR) is 114 cm³/mol. The molecule has 0 saturated carbocycles. The number of benzene rings is 3. The first-order valence-electron chi connectivity index (χ1n) is 9.75. The lowest BCUT2D eigenvalue weighted by Crippen LogP contribution is -2.43.